The molecule has 3 aromatic rings. The zero-order valence-corrected chi connectivity index (χ0v) is 17.1. The standard InChI is InChI=1S/C24H19N3O5/c1-31-22-9-5-6-18(14-19(15-25)17-10-12-21(13-11-17)27(29)30)24(22)32-16-23(28)26-20-7-3-2-4-8-20/h2-14H,16H2,1H3,(H,26,28)/b19-14-. The van der Waals surface area contributed by atoms with Gasteiger partial charge >= 0.3 is 0 Å². The van der Waals surface area contributed by atoms with Gasteiger partial charge in [-0.05, 0) is 42.0 Å². The molecular weight excluding hydrogens is 410 g/mol. The first-order chi connectivity index (χ1) is 15.5. The molecule has 0 spiro atoms. The van der Waals surface area contributed by atoms with Crippen molar-refractivity contribution in [3.8, 4) is 17.6 Å². The zero-order valence-electron chi connectivity index (χ0n) is 17.1. The molecule has 3 rings (SSSR count). The Balaban J connectivity index is 1.85. The third-order valence-corrected chi connectivity index (χ3v) is 4.44. The van der Waals surface area contributed by atoms with Gasteiger partial charge in [0.15, 0.2) is 18.1 Å². The van der Waals surface area contributed by atoms with Gasteiger partial charge in [0, 0.05) is 23.4 Å². The summed E-state index contributed by atoms with van der Waals surface area (Å²) in [5, 5.41) is 23.2. The number of carbonyl (C=O) groups excluding carboxylic acids is 1. The Kier molecular flexibility index (Phi) is 7.17. The van der Waals surface area contributed by atoms with Crippen LogP contribution in [0.2, 0.25) is 0 Å². The van der Waals surface area contributed by atoms with Crippen molar-refractivity contribution in [3.63, 3.8) is 0 Å². The average molecular weight is 429 g/mol. The highest BCUT2D eigenvalue weighted by molar-refractivity contribution is 5.93. The number of nitrogens with one attached hydrogen (secondary N) is 1. The predicted molar refractivity (Wildman–Crippen MR) is 120 cm³/mol. The second kappa shape index (κ2) is 10.4. The number of hydrogen-bond donors (Lipinski definition) is 1. The van der Waals surface area contributed by atoms with Crippen LogP contribution in [0.4, 0.5) is 11.4 Å². The van der Waals surface area contributed by atoms with Gasteiger partial charge in [-0.1, -0.05) is 30.3 Å². The maximum Gasteiger partial charge on any atom is 0.269 e. The molecule has 0 atom stereocenters. The van der Waals surface area contributed by atoms with Crippen LogP contribution in [0, 0.1) is 21.4 Å². The summed E-state index contributed by atoms with van der Waals surface area (Å²) in [5.41, 5.74) is 1.87. The third-order valence-electron chi connectivity index (χ3n) is 4.44. The normalized spacial score (nSPS) is 10.7. The molecule has 8 nitrogen and oxygen atoms in total. The number of nitriles is 1. The van der Waals surface area contributed by atoms with E-state index in [9.17, 15) is 20.2 Å². The van der Waals surface area contributed by atoms with Gasteiger partial charge in [0.05, 0.1) is 23.7 Å². The van der Waals surface area contributed by atoms with E-state index in [-0.39, 0.29) is 23.8 Å². The maximum absolute atomic E-state index is 12.3. The fourth-order valence-corrected chi connectivity index (χ4v) is 2.92. The molecule has 0 bridgehead atoms. The Bertz CT molecular complexity index is 1180. The summed E-state index contributed by atoms with van der Waals surface area (Å²) >= 11 is 0. The first kappa shape index (κ1) is 22.1. The van der Waals surface area contributed by atoms with Gasteiger partial charge in [0.2, 0.25) is 0 Å². The molecule has 0 aromatic heterocycles. The van der Waals surface area contributed by atoms with Gasteiger partial charge < -0.3 is 14.8 Å². The van der Waals surface area contributed by atoms with Crippen LogP contribution in [0.3, 0.4) is 0 Å². The maximum atomic E-state index is 12.3. The highest BCUT2D eigenvalue weighted by Gasteiger charge is 2.14. The number of non-ortho nitro benzene ring substituents is 1. The lowest BCUT2D eigenvalue weighted by atomic mass is 10.0. The lowest BCUT2D eigenvalue weighted by Crippen LogP contribution is -2.20. The number of nitro groups is 1. The van der Waals surface area contributed by atoms with Gasteiger partial charge in [-0.15, -0.1) is 0 Å². The van der Waals surface area contributed by atoms with E-state index in [2.05, 4.69) is 11.4 Å². The molecule has 32 heavy (non-hydrogen) atoms. The van der Waals surface area contributed by atoms with E-state index < -0.39 is 4.92 Å². The van der Waals surface area contributed by atoms with Gasteiger partial charge in [-0.3, -0.25) is 14.9 Å². The fourth-order valence-electron chi connectivity index (χ4n) is 2.92. The van der Waals surface area contributed by atoms with Crippen molar-refractivity contribution in [1.82, 2.24) is 0 Å². The van der Waals surface area contributed by atoms with E-state index in [1.807, 2.05) is 6.07 Å². The van der Waals surface area contributed by atoms with Crippen LogP contribution in [-0.4, -0.2) is 24.5 Å². The molecule has 1 N–H and O–H groups in total. The van der Waals surface area contributed by atoms with Crippen LogP contribution < -0.4 is 14.8 Å². The molecule has 0 aliphatic rings. The molecule has 8 heteroatoms. The van der Waals surface area contributed by atoms with Crippen molar-refractivity contribution in [3.05, 3.63) is 94.0 Å². The Morgan fingerprint density at radius 1 is 1.09 bits per heavy atom. The quantitative estimate of drug-likeness (QED) is 0.241. The van der Waals surface area contributed by atoms with E-state index >= 15 is 0 Å². The zero-order chi connectivity index (χ0) is 22.9. The molecule has 0 radical (unpaired) electrons. The van der Waals surface area contributed by atoms with Gasteiger partial charge in [-0.25, -0.2) is 0 Å². The summed E-state index contributed by atoms with van der Waals surface area (Å²) in [6, 6.07) is 21.9. The molecule has 0 fully saturated rings. The topological polar surface area (TPSA) is 114 Å². The molecule has 1 amide bonds. The summed E-state index contributed by atoms with van der Waals surface area (Å²) in [7, 11) is 1.47. The van der Waals surface area contributed by atoms with Gasteiger partial charge in [0.1, 0.15) is 0 Å². The number of methoxy groups -OCH3 is 1. The van der Waals surface area contributed by atoms with E-state index in [1.165, 1.54) is 31.4 Å². The third kappa shape index (κ3) is 5.49. The minimum atomic E-state index is -0.506. The summed E-state index contributed by atoms with van der Waals surface area (Å²) in [4.78, 5) is 22.6. The minimum Gasteiger partial charge on any atom is -0.493 e. The predicted octanol–water partition coefficient (Wildman–Crippen LogP) is 4.69. The summed E-state index contributed by atoms with van der Waals surface area (Å²) in [6.07, 6.45) is 1.58. The largest absolute Gasteiger partial charge is 0.493 e. The number of hydrogen-bond acceptors (Lipinski definition) is 6. The monoisotopic (exact) mass is 429 g/mol. The number of amides is 1. The number of benzene rings is 3. The Labute approximate surface area is 184 Å². The highest BCUT2D eigenvalue weighted by Crippen LogP contribution is 2.34. The average Bonchev–Trinajstić information content (AvgIpc) is 2.82. The van der Waals surface area contributed by atoms with Gasteiger partial charge in [0.25, 0.3) is 11.6 Å². The molecule has 160 valence electrons. The molecule has 0 heterocycles. The lowest BCUT2D eigenvalue weighted by molar-refractivity contribution is -0.384. The van der Waals surface area contributed by atoms with E-state index in [1.54, 1.807) is 48.5 Å². The smallest absolute Gasteiger partial charge is 0.269 e. The summed E-state index contributed by atoms with van der Waals surface area (Å²) < 4.78 is 11.1. The number of para-hydroxylation sites is 2. The van der Waals surface area contributed by atoms with Gasteiger partial charge in [-0.2, -0.15) is 5.26 Å². The minimum absolute atomic E-state index is 0.0686. The van der Waals surface area contributed by atoms with Crippen LogP contribution >= 0.6 is 0 Å². The van der Waals surface area contributed by atoms with Crippen LogP contribution in [0.1, 0.15) is 11.1 Å². The summed E-state index contributed by atoms with van der Waals surface area (Å²) in [6.45, 7) is -0.268. The second-order valence-corrected chi connectivity index (χ2v) is 6.56. The molecule has 0 aliphatic heterocycles. The first-order valence-electron chi connectivity index (χ1n) is 9.53. The second-order valence-electron chi connectivity index (χ2n) is 6.56. The van der Waals surface area contributed by atoms with Crippen molar-refractivity contribution in [1.29, 1.82) is 5.26 Å². The first-order valence-corrected chi connectivity index (χ1v) is 9.53. The van der Waals surface area contributed by atoms with Crippen LogP contribution in [0.5, 0.6) is 11.5 Å². The van der Waals surface area contributed by atoms with Crippen molar-refractivity contribution in [2.45, 2.75) is 0 Å². The molecule has 3 aromatic carbocycles. The van der Waals surface area contributed by atoms with Crippen molar-refractivity contribution >= 4 is 28.9 Å². The SMILES string of the molecule is COc1cccc(/C=C(/C#N)c2ccc([N+](=O)[O-])cc2)c1OCC(=O)Nc1ccccc1. The van der Waals surface area contributed by atoms with Crippen LogP contribution in [-0.2, 0) is 4.79 Å². The number of nitro benzene ring substituents is 1. The van der Waals surface area contributed by atoms with Crippen molar-refractivity contribution in [2.24, 2.45) is 0 Å². The van der Waals surface area contributed by atoms with Crippen LogP contribution in [0.15, 0.2) is 72.8 Å². The molecule has 0 saturated carbocycles. The highest BCUT2D eigenvalue weighted by atomic mass is 16.6. The summed E-state index contributed by atoms with van der Waals surface area (Å²) in [5.74, 6) is 0.341. The van der Waals surface area contributed by atoms with E-state index in [4.69, 9.17) is 9.47 Å². The van der Waals surface area contributed by atoms with Crippen molar-refractivity contribution < 1.29 is 19.2 Å². The Morgan fingerprint density at radius 3 is 2.44 bits per heavy atom. The molecule has 0 saturated heterocycles. The lowest BCUT2D eigenvalue weighted by Gasteiger charge is -2.14. The Hall–Kier alpha value is -4.64. The van der Waals surface area contributed by atoms with Crippen molar-refractivity contribution in [2.75, 3.05) is 19.0 Å². The van der Waals surface area contributed by atoms with E-state index in [0.717, 1.165) is 0 Å². The number of allylic oxidation sites excluding steroid dienone is 1. The molecular formula is C24H19N3O5. The molecule has 0 aliphatic carbocycles. The Morgan fingerprint density at radius 2 is 1.81 bits per heavy atom. The number of carbonyl (C=O) groups is 1. The number of rotatable bonds is 8. The molecule has 0 unspecified atom stereocenters. The number of nitrogens with zero attached hydrogens (tertiary/aromatic N) is 2. The fraction of sp³-hybridized carbons (Fsp3) is 0.0833. The number of ether oxygens (including phenoxy) is 2. The number of anilines is 1. The van der Waals surface area contributed by atoms with Crippen LogP contribution in [0.25, 0.3) is 11.6 Å². The van der Waals surface area contributed by atoms with E-state index in [0.29, 0.717) is 28.3 Å².